The highest BCUT2D eigenvalue weighted by molar-refractivity contribution is 5.93. The number of H-pyrrole nitrogens is 1. The number of amides is 1. The first-order valence-corrected chi connectivity index (χ1v) is 11.6. The molecule has 0 saturated carbocycles. The average Bonchev–Trinajstić information content (AvgIpc) is 3.21. The Morgan fingerprint density at radius 1 is 1.34 bits per heavy atom. The van der Waals surface area contributed by atoms with Crippen molar-refractivity contribution in [3.8, 4) is 0 Å². The number of aromatic amines is 1. The molecule has 0 aromatic carbocycles. The minimum absolute atomic E-state index is 0.00994. The zero-order valence-corrected chi connectivity index (χ0v) is 19.2. The second-order valence-corrected chi connectivity index (χ2v) is 9.26. The highest BCUT2D eigenvalue weighted by Crippen LogP contribution is 2.37. The number of likely N-dealkylation sites (tertiary alicyclic amines) is 1. The van der Waals surface area contributed by atoms with Gasteiger partial charge in [-0.2, -0.15) is 0 Å². The number of hydrogen-bond acceptors (Lipinski definition) is 5. The number of halogens is 1. The van der Waals surface area contributed by atoms with Crippen LogP contribution in [0.15, 0.2) is 24.5 Å². The molecular weight excluding hydrogens is 409 g/mol. The summed E-state index contributed by atoms with van der Waals surface area (Å²) in [7, 11) is 3.94. The van der Waals surface area contributed by atoms with E-state index in [1.807, 2.05) is 36.2 Å². The molecule has 0 radical (unpaired) electrons. The molecule has 8 heteroatoms. The minimum Gasteiger partial charge on any atom is -0.381 e. The highest BCUT2D eigenvalue weighted by atomic mass is 19.1. The number of likely N-dealkylation sites (N-methyl/N-ethyl adjacent to an activating group) is 1. The van der Waals surface area contributed by atoms with Crippen molar-refractivity contribution in [1.82, 2.24) is 19.8 Å². The molecule has 4 heterocycles. The van der Waals surface area contributed by atoms with E-state index in [-0.39, 0.29) is 23.8 Å². The quantitative estimate of drug-likeness (QED) is 0.669. The van der Waals surface area contributed by atoms with E-state index >= 15 is 4.39 Å². The van der Waals surface area contributed by atoms with Crippen LogP contribution in [0, 0.1) is 5.82 Å². The van der Waals surface area contributed by atoms with Gasteiger partial charge < -0.3 is 24.8 Å². The van der Waals surface area contributed by atoms with Gasteiger partial charge in [-0.05, 0) is 58.2 Å². The lowest BCUT2D eigenvalue weighted by Gasteiger charge is -2.38. The summed E-state index contributed by atoms with van der Waals surface area (Å²) in [6.07, 6.45) is 10.4. The maximum atomic E-state index is 15.0. The van der Waals surface area contributed by atoms with Crippen LogP contribution in [0.4, 0.5) is 10.1 Å². The molecule has 1 amide bonds. The second kappa shape index (κ2) is 10.0. The van der Waals surface area contributed by atoms with Gasteiger partial charge in [0, 0.05) is 56.0 Å². The van der Waals surface area contributed by atoms with Crippen molar-refractivity contribution in [2.24, 2.45) is 0 Å². The molecule has 0 unspecified atom stereocenters. The average molecular weight is 444 g/mol. The molecular formula is C24H34FN5O2. The smallest absolute Gasteiger partial charge is 0.246 e. The number of rotatable bonds is 6. The lowest BCUT2D eigenvalue weighted by Crippen LogP contribution is -2.49. The van der Waals surface area contributed by atoms with Gasteiger partial charge in [0.1, 0.15) is 5.65 Å². The standard InChI is InChI=1S/C24H34FN5O2/c1-16-6-7-18(15-30(16)21(31)5-4-10-29(2)3)28-23-20(25)14-27-24-22(23)19(13-26-24)17-8-11-32-12-9-17/h4-5,13-14,16-18H,6-12,15H2,1-3H3,(H2,26,27,28)/b5-4+/t16-,18+/m0/s1. The summed E-state index contributed by atoms with van der Waals surface area (Å²) in [5.41, 5.74) is 2.29. The molecule has 32 heavy (non-hydrogen) atoms. The fourth-order valence-electron chi connectivity index (χ4n) is 4.76. The third-order valence-electron chi connectivity index (χ3n) is 6.59. The summed E-state index contributed by atoms with van der Waals surface area (Å²) >= 11 is 0. The van der Waals surface area contributed by atoms with Gasteiger partial charge in [-0.15, -0.1) is 0 Å². The number of carbonyl (C=O) groups excluding carboxylic acids is 1. The van der Waals surface area contributed by atoms with Crippen LogP contribution in [0.5, 0.6) is 0 Å². The molecule has 2 aromatic heterocycles. The Morgan fingerprint density at radius 3 is 2.88 bits per heavy atom. The highest BCUT2D eigenvalue weighted by Gasteiger charge is 2.30. The number of fused-ring (bicyclic) bond motifs is 1. The fraction of sp³-hybridized carbons (Fsp3) is 0.583. The predicted octanol–water partition coefficient (Wildman–Crippen LogP) is 3.51. The van der Waals surface area contributed by atoms with Crippen LogP contribution in [-0.2, 0) is 9.53 Å². The summed E-state index contributed by atoms with van der Waals surface area (Å²) in [6.45, 7) is 4.79. The lowest BCUT2D eigenvalue weighted by atomic mass is 9.91. The monoisotopic (exact) mass is 443 g/mol. The van der Waals surface area contributed by atoms with Crippen molar-refractivity contribution in [2.75, 3.05) is 45.7 Å². The van der Waals surface area contributed by atoms with E-state index < -0.39 is 0 Å². The van der Waals surface area contributed by atoms with E-state index in [4.69, 9.17) is 4.74 Å². The number of anilines is 1. The third kappa shape index (κ3) is 4.96. The molecule has 0 aliphatic carbocycles. The van der Waals surface area contributed by atoms with E-state index in [1.54, 1.807) is 6.08 Å². The van der Waals surface area contributed by atoms with Crippen molar-refractivity contribution in [3.63, 3.8) is 0 Å². The Bertz CT molecular complexity index is 967. The number of pyridine rings is 1. The van der Waals surface area contributed by atoms with Crippen LogP contribution in [0.1, 0.15) is 44.1 Å². The minimum atomic E-state index is -0.354. The Kier molecular flexibility index (Phi) is 7.10. The topological polar surface area (TPSA) is 73.5 Å². The summed E-state index contributed by atoms with van der Waals surface area (Å²) in [5, 5.41) is 4.28. The molecule has 2 atom stereocenters. The van der Waals surface area contributed by atoms with Crippen LogP contribution in [-0.4, -0.2) is 78.2 Å². The first kappa shape index (κ1) is 22.7. The van der Waals surface area contributed by atoms with Crippen molar-refractivity contribution < 1.29 is 13.9 Å². The second-order valence-electron chi connectivity index (χ2n) is 9.26. The predicted molar refractivity (Wildman–Crippen MR) is 124 cm³/mol. The summed E-state index contributed by atoms with van der Waals surface area (Å²) < 4.78 is 20.5. The van der Waals surface area contributed by atoms with E-state index in [1.165, 1.54) is 6.20 Å². The molecule has 0 bridgehead atoms. The lowest BCUT2D eigenvalue weighted by molar-refractivity contribution is -0.129. The Morgan fingerprint density at radius 2 is 2.12 bits per heavy atom. The molecule has 2 aliphatic rings. The van der Waals surface area contributed by atoms with E-state index in [2.05, 4.69) is 22.2 Å². The summed E-state index contributed by atoms with van der Waals surface area (Å²) in [5.74, 6) is -0.0172. The van der Waals surface area contributed by atoms with Gasteiger partial charge in [-0.1, -0.05) is 6.08 Å². The number of aromatic nitrogens is 2. The van der Waals surface area contributed by atoms with Gasteiger partial charge in [-0.25, -0.2) is 9.37 Å². The van der Waals surface area contributed by atoms with Gasteiger partial charge in [0.15, 0.2) is 5.82 Å². The van der Waals surface area contributed by atoms with Crippen LogP contribution in [0.25, 0.3) is 11.0 Å². The van der Waals surface area contributed by atoms with Crippen molar-refractivity contribution in [1.29, 1.82) is 0 Å². The van der Waals surface area contributed by atoms with E-state index in [0.29, 0.717) is 23.8 Å². The van der Waals surface area contributed by atoms with Crippen LogP contribution < -0.4 is 5.32 Å². The Labute approximate surface area is 189 Å². The van der Waals surface area contributed by atoms with Gasteiger partial charge in [-0.3, -0.25) is 4.79 Å². The summed E-state index contributed by atoms with van der Waals surface area (Å²) in [6, 6.07) is 0.145. The zero-order valence-electron chi connectivity index (χ0n) is 19.2. The molecule has 174 valence electrons. The molecule has 0 spiro atoms. The summed E-state index contributed by atoms with van der Waals surface area (Å²) in [4.78, 5) is 24.2. The Hall–Kier alpha value is -2.45. The van der Waals surface area contributed by atoms with Gasteiger partial charge in [0.2, 0.25) is 5.91 Å². The molecule has 2 N–H and O–H groups in total. The van der Waals surface area contributed by atoms with Crippen molar-refractivity contribution >= 4 is 22.6 Å². The van der Waals surface area contributed by atoms with Crippen LogP contribution in [0.3, 0.4) is 0 Å². The van der Waals surface area contributed by atoms with Crippen LogP contribution >= 0.6 is 0 Å². The first-order chi connectivity index (χ1) is 15.4. The number of nitrogens with one attached hydrogen (secondary N) is 2. The molecule has 2 aromatic rings. The first-order valence-electron chi connectivity index (χ1n) is 11.6. The zero-order chi connectivity index (χ0) is 22.7. The van der Waals surface area contributed by atoms with E-state index in [9.17, 15) is 4.79 Å². The van der Waals surface area contributed by atoms with Crippen LogP contribution in [0.2, 0.25) is 0 Å². The molecule has 2 saturated heterocycles. The molecule has 4 rings (SSSR count). The number of piperidine rings is 1. The SMILES string of the molecule is C[C@H]1CC[C@@H](Nc2c(F)cnc3[nH]cc(C4CCOCC4)c23)CN1C(=O)/C=C/CN(C)C. The number of nitrogens with zero attached hydrogens (tertiary/aromatic N) is 3. The maximum absolute atomic E-state index is 15.0. The third-order valence-corrected chi connectivity index (χ3v) is 6.59. The van der Waals surface area contributed by atoms with E-state index in [0.717, 1.165) is 56.4 Å². The molecule has 2 aliphatic heterocycles. The largest absolute Gasteiger partial charge is 0.381 e. The normalized spacial score (nSPS) is 22.8. The van der Waals surface area contributed by atoms with Crippen molar-refractivity contribution in [3.05, 3.63) is 35.9 Å². The number of carbonyl (C=O) groups is 1. The molecule has 2 fully saturated rings. The van der Waals surface area contributed by atoms with Gasteiger partial charge in [0.05, 0.1) is 11.9 Å². The fourth-order valence-corrected chi connectivity index (χ4v) is 4.76. The Balaban J connectivity index is 1.55. The molecule has 7 nitrogen and oxygen atoms in total. The number of ether oxygens (including phenoxy) is 1. The van der Waals surface area contributed by atoms with Crippen molar-refractivity contribution in [2.45, 2.75) is 50.6 Å². The van der Waals surface area contributed by atoms with Gasteiger partial charge >= 0.3 is 0 Å². The number of hydrogen-bond donors (Lipinski definition) is 2. The maximum Gasteiger partial charge on any atom is 0.246 e. The van der Waals surface area contributed by atoms with Gasteiger partial charge in [0.25, 0.3) is 0 Å².